The van der Waals surface area contributed by atoms with Crippen molar-refractivity contribution in [2.75, 3.05) is 0 Å². The van der Waals surface area contributed by atoms with Crippen molar-refractivity contribution in [2.45, 2.75) is 18.7 Å². The average Bonchev–Trinajstić information content (AvgIpc) is 2.16. The Labute approximate surface area is 91.7 Å². The van der Waals surface area contributed by atoms with Crippen LogP contribution in [0.5, 0.6) is 0 Å². The van der Waals surface area contributed by atoms with E-state index in [2.05, 4.69) is 22.0 Å². The maximum absolute atomic E-state index is 11.6. The molecule has 2 nitrogen and oxygen atoms in total. The van der Waals surface area contributed by atoms with Gasteiger partial charge in [0.1, 0.15) is 0 Å². The molecule has 0 N–H and O–H groups in total. The van der Waals surface area contributed by atoms with Gasteiger partial charge in [0.2, 0.25) is 0 Å². The normalized spacial score (nSPS) is 11.9. The maximum Gasteiger partial charge on any atom is 0.176 e. The first-order valence-electron chi connectivity index (χ1n) is 4.25. The van der Waals surface area contributed by atoms with Crippen molar-refractivity contribution in [3.05, 3.63) is 34.9 Å². The van der Waals surface area contributed by atoms with Crippen molar-refractivity contribution in [3.8, 4) is 6.07 Å². The van der Waals surface area contributed by atoms with Gasteiger partial charge in [-0.1, -0.05) is 22.0 Å². The molecule has 0 saturated heterocycles. The Morgan fingerprint density at radius 3 is 2.64 bits per heavy atom. The minimum atomic E-state index is -0.185. The number of hydrogen-bond acceptors (Lipinski definition) is 2. The van der Waals surface area contributed by atoms with Crippen LogP contribution < -0.4 is 0 Å². The summed E-state index contributed by atoms with van der Waals surface area (Å²) in [4.78, 5) is 11.4. The monoisotopic (exact) mass is 251 g/mol. The highest BCUT2D eigenvalue weighted by molar-refractivity contribution is 9.10. The number of alkyl halides is 1. The lowest BCUT2D eigenvalue weighted by Crippen LogP contribution is -2.10. The Morgan fingerprint density at radius 2 is 2.21 bits per heavy atom. The van der Waals surface area contributed by atoms with Crippen LogP contribution in [0.4, 0.5) is 0 Å². The van der Waals surface area contributed by atoms with Crippen LogP contribution in [0.3, 0.4) is 0 Å². The fraction of sp³-hybridized carbons (Fsp3) is 0.273. The van der Waals surface area contributed by atoms with Crippen LogP contribution in [-0.2, 0) is 0 Å². The number of Topliss-reactive ketones (excluding diaryl/α,β-unsaturated/α-hetero) is 1. The maximum atomic E-state index is 11.6. The van der Waals surface area contributed by atoms with E-state index >= 15 is 0 Å². The number of ketones is 1. The molecule has 0 saturated carbocycles. The fourth-order valence-electron chi connectivity index (χ4n) is 1.17. The van der Waals surface area contributed by atoms with Crippen molar-refractivity contribution < 1.29 is 4.79 Å². The molecule has 1 aromatic rings. The second-order valence-electron chi connectivity index (χ2n) is 3.12. The summed E-state index contributed by atoms with van der Waals surface area (Å²) in [6, 6.07) is 7.18. The molecule has 72 valence electrons. The second-order valence-corrected chi connectivity index (χ2v) is 4.50. The number of aryl methyl sites for hydroxylation is 1. The van der Waals surface area contributed by atoms with Crippen LogP contribution in [0.15, 0.2) is 18.2 Å². The van der Waals surface area contributed by atoms with E-state index in [1.54, 1.807) is 25.1 Å². The Balaban J connectivity index is 3.11. The zero-order valence-corrected chi connectivity index (χ0v) is 9.63. The first-order valence-corrected chi connectivity index (χ1v) is 5.17. The Hall–Kier alpha value is -1.14. The highest BCUT2D eigenvalue weighted by Crippen LogP contribution is 2.14. The van der Waals surface area contributed by atoms with Crippen LogP contribution in [0.2, 0.25) is 0 Å². The first-order chi connectivity index (χ1) is 6.56. The molecule has 0 spiro atoms. The number of hydrogen-bond donors (Lipinski definition) is 0. The van der Waals surface area contributed by atoms with Crippen molar-refractivity contribution in [1.82, 2.24) is 0 Å². The fourth-order valence-corrected chi connectivity index (χ4v) is 1.44. The molecule has 1 rings (SSSR count). The van der Waals surface area contributed by atoms with Crippen LogP contribution in [0, 0.1) is 18.3 Å². The summed E-state index contributed by atoms with van der Waals surface area (Å²) in [6.45, 7) is 3.62. The number of nitrogens with zero attached hydrogens (tertiary/aromatic N) is 1. The van der Waals surface area contributed by atoms with Gasteiger partial charge in [-0.25, -0.2) is 0 Å². The van der Waals surface area contributed by atoms with E-state index < -0.39 is 0 Å². The Morgan fingerprint density at radius 1 is 1.57 bits per heavy atom. The minimum Gasteiger partial charge on any atom is -0.293 e. The van der Waals surface area contributed by atoms with Gasteiger partial charge < -0.3 is 0 Å². The van der Waals surface area contributed by atoms with Crippen molar-refractivity contribution in [3.63, 3.8) is 0 Å². The third-order valence-corrected chi connectivity index (χ3v) is 2.41. The minimum absolute atomic E-state index is 0.0394. The van der Waals surface area contributed by atoms with Crippen LogP contribution in [-0.4, -0.2) is 10.6 Å². The number of halogens is 1. The third kappa shape index (κ3) is 2.21. The van der Waals surface area contributed by atoms with Crippen LogP contribution >= 0.6 is 15.9 Å². The molecule has 0 radical (unpaired) electrons. The molecule has 3 heteroatoms. The van der Waals surface area contributed by atoms with Gasteiger partial charge in [0.15, 0.2) is 5.78 Å². The summed E-state index contributed by atoms with van der Waals surface area (Å²) < 4.78 is 0. The predicted molar refractivity (Wildman–Crippen MR) is 58.6 cm³/mol. The van der Waals surface area contributed by atoms with Crippen molar-refractivity contribution in [1.29, 1.82) is 5.26 Å². The molecule has 0 bridgehead atoms. The lowest BCUT2D eigenvalue weighted by atomic mass is 10.0. The lowest BCUT2D eigenvalue weighted by molar-refractivity contribution is 0.0996. The van der Waals surface area contributed by atoms with Crippen molar-refractivity contribution >= 4 is 21.7 Å². The summed E-state index contributed by atoms with van der Waals surface area (Å²) in [5.74, 6) is 0.0394. The summed E-state index contributed by atoms with van der Waals surface area (Å²) in [5, 5.41) is 8.71. The topological polar surface area (TPSA) is 40.9 Å². The van der Waals surface area contributed by atoms with E-state index in [9.17, 15) is 4.79 Å². The Bertz CT molecular complexity index is 404. The van der Waals surface area contributed by atoms with E-state index in [4.69, 9.17) is 5.26 Å². The van der Waals surface area contributed by atoms with Gasteiger partial charge in [-0.3, -0.25) is 4.79 Å². The molecule has 0 fully saturated rings. The highest BCUT2D eigenvalue weighted by atomic mass is 79.9. The highest BCUT2D eigenvalue weighted by Gasteiger charge is 2.12. The number of nitriles is 1. The second kappa shape index (κ2) is 4.39. The smallest absolute Gasteiger partial charge is 0.176 e. The van der Waals surface area contributed by atoms with Crippen LogP contribution in [0.25, 0.3) is 0 Å². The van der Waals surface area contributed by atoms with E-state index in [-0.39, 0.29) is 10.6 Å². The molecule has 1 atom stereocenters. The third-order valence-electron chi connectivity index (χ3n) is 1.99. The zero-order valence-electron chi connectivity index (χ0n) is 8.04. The first kappa shape index (κ1) is 10.9. The molecular weight excluding hydrogens is 242 g/mol. The molecule has 0 heterocycles. The average molecular weight is 252 g/mol. The van der Waals surface area contributed by atoms with E-state index in [0.717, 1.165) is 5.56 Å². The molecule has 1 unspecified atom stereocenters. The van der Waals surface area contributed by atoms with Gasteiger partial charge in [0, 0.05) is 5.56 Å². The lowest BCUT2D eigenvalue weighted by Gasteiger charge is -2.04. The van der Waals surface area contributed by atoms with Gasteiger partial charge >= 0.3 is 0 Å². The molecule has 0 amide bonds. The van der Waals surface area contributed by atoms with Gasteiger partial charge in [-0.05, 0) is 31.5 Å². The summed E-state index contributed by atoms with van der Waals surface area (Å²) in [5.41, 5.74) is 2.10. The summed E-state index contributed by atoms with van der Waals surface area (Å²) in [7, 11) is 0. The van der Waals surface area contributed by atoms with Crippen LogP contribution in [0.1, 0.15) is 28.4 Å². The molecule has 0 aliphatic heterocycles. The summed E-state index contributed by atoms with van der Waals surface area (Å²) >= 11 is 3.22. The molecular formula is C11H10BrNO. The van der Waals surface area contributed by atoms with Gasteiger partial charge in [-0.15, -0.1) is 0 Å². The molecule has 0 aromatic heterocycles. The Kier molecular flexibility index (Phi) is 3.43. The number of rotatable bonds is 2. The predicted octanol–water partition coefficient (Wildman–Crippen LogP) is 2.83. The number of benzene rings is 1. The molecule has 14 heavy (non-hydrogen) atoms. The van der Waals surface area contributed by atoms with Gasteiger partial charge in [-0.2, -0.15) is 5.26 Å². The van der Waals surface area contributed by atoms with E-state index in [1.807, 2.05) is 6.92 Å². The van der Waals surface area contributed by atoms with E-state index in [0.29, 0.717) is 11.1 Å². The number of carbonyl (C=O) groups is 1. The SMILES string of the molecule is Cc1cc(C(=O)C(C)Br)ccc1C#N. The van der Waals surface area contributed by atoms with Gasteiger partial charge in [0.25, 0.3) is 0 Å². The number of carbonyl (C=O) groups excluding carboxylic acids is 1. The molecule has 0 aliphatic carbocycles. The molecule has 0 aliphatic rings. The largest absolute Gasteiger partial charge is 0.293 e. The quantitative estimate of drug-likeness (QED) is 0.599. The summed E-state index contributed by atoms with van der Waals surface area (Å²) in [6.07, 6.45) is 0. The zero-order chi connectivity index (χ0) is 10.7. The standard InChI is InChI=1S/C11H10BrNO/c1-7-5-9(11(14)8(2)12)3-4-10(7)6-13/h3-5,8H,1-2H3. The van der Waals surface area contributed by atoms with Gasteiger partial charge in [0.05, 0.1) is 16.5 Å². The van der Waals surface area contributed by atoms with E-state index in [1.165, 1.54) is 0 Å². The molecule has 1 aromatic carbocycles. The van der Waals surface area contributed by atoms with Crippen molar-refractivity contribution in [2.24, 2.45) is 0 Å².